The molecule has 2 atom stereocenters. The van der Waals surface area contributed by atoms with Crippen molar-refractivity contribution in [2.45, 2.75) is 45.0 Å². The molecular weight excluding hydrogens is 240 g/mol. The Kier molecular flexibility index (Phi) is 5.18. The molecule has 1 heterocycles. The van der Waals surface area contributed by atoms with Crippen LogP contribution in [0.15, 0.2) is 4.99 Å². The van der Waals surface area contributed by atoms with Gasteiger partial charge in [-0.1, -0.05) is 23.5 Å². The van der Waals surface area contributed by atoms with Gasteiger partial charge in [-0.3, -0.25) is 9.79 Å². The number of thioether (sulfide) groups is 2. The van der Waals surface area contributed by atoms with Crippen LogP contribution in [0.1, 0.15) is 27.7 Å². The zero-order valence-electron chi connectivity index (χ0n) is 10.6. The van der Waals surface area contributed by atoms with Crippen LogP contribution in [0.25, 0.3) is 0 Å². The first-order valence-electron chi connectivity index (χ1n) is 5.55. The highest BCUT2D eigenvalue weighted by Gasteiger charge is 2.24. The molecule has 0 aromatic rings. The van der Waals surface area contributed by atoms with E-state index in [9.17, 15) is 4.79 Å². The fourth-order valence-electron chi connectivity index (χ4n) is 1.25. The van der Waals surface area contributed by atoms with Gasteiger partial charge in [0.2, 0.25) is 5.91 Å². The molecule has 0 saturated carbocycles. The predicted octanol–water partition coefficient (Wildman–Crippen LogP) is 2.47. The van der Waals surface area contributed by atoms with Crippen LogP contribution in [0, 0.1) is 0 Å². The van der Waals surface area contributed by atoms with Crippen molar-refractivity contribution in [2.75, 3.05) is 12.8 Å². The lowest BCUT2D eigenvalue weighted by Crippen LogP contribution is -2.38. The zero-order valence-corrected chi connectivity index (χ0v) is 12.2. The van der Waals surface area contributed by atoms with Crippen molar-refractivity contribution >= 4 is 33.8 Å². The number of carbonyl (C=O) groups excluding carboxylic acids is 1. The van der Waals surface area contributed by atoms with Gasteiger partial charge in [0.05, 0.1) is 11.3 Å². The highest BCUT2D eigenvalue weighted by atomic mass is 32.2. The Balaban J connectivity index is 2.49. The highest BCUT2D eigenvalue weighted by molar-refractivity contribution is 8.39. The number of hydrogen-bond donors (Lipinski definition) is 0. The molecule has 0 N–H and O–H groups in total. The van der Waals surface area contributed by atoms with Crippen LogP contribution < -0.4 is 0 Å². The first-order valence-corrected chi connectivity index (χ1v) is 7.42. The minimum Gasteiger partial charge on any atom is -0.342 e. The summed E-state index contributed by atoms with van der Waals surface area (Å²) in [6.45, 7) is 8.11. The molecule has 0 fully saturated rings. The average molecular weight is 260 g/mol. The Labute approximate surface area is 106 Å². The van der Waals surface area contributed by atoms with Gasteiger partial charge in [0.1, 0.15) is 4.38 Å². The Morgan fingerprint density at radius 2 is 2.19 bits per heavy atom. The summed E-state index contributed by atoms with van der Waals surface area (Å²) < 4.78 is 1.06. The molecule has 92 valence electrons. The van der Waals surface area contributed by atoms with Gasteiger partial charge in [0.25, 0.3) is 0 Å². The monoisotopic (exact) mass is 260 g/mol. The van der Waals surface area contributed by atoms with Gasteiger partial charge in [-0.15, -0.1) is 0 Å². The van der Waals surface area contributed by atoms with Crippen molar-refractivity contribution in [1.82, 2.24) is 4.90 Å². The second-order valence-corrected chi connectivity index (χ2v) is 6.95. The number of amides is 1. The fourth-order valence-corrected chi connectivity index (χ4v) is 3.69. The molecule has 3 nitrogen and oxygen atoms in total. The summed E-state index contributed by atoms with van der Waals surface area (Å²) >= 11 is 3.35. The van der Waals surface area contributed by atoms with Crippen LogP contribution in [-0.2, 0) is 4.79 Å². The van der Waals surface area contributed by atoms with E-state index in [1.165, 1.54) is 0 Å². The summed E-state index contributed by atoms with van der Waals surface area (Å²) in [7, 11) is 1.86. The minimum absolute atomic E-state index is 0.0380. The number of carbonyl (C=O) groups is 1. The zero-order chi connectivity index (χ0) is 12.3. The quantitative estimate of drug-likeness (QED) is 0.781. The molecule has 0 aromatic heterocycles. The first-order chi connectivity index (χ1) is 7.41. The molecule has 1 rings (SSSR count). The standard InChI is InChI=1S/C11H20N2OS2/c1-7(2)13(5)10(14)9(4)16-11-12-8(3)6-15-11/h7-9H,6H2,1-5H3/t8-,9-/m1/s1. The predicted molar refractivity (Wildman–Crippen MR) is 74.3 cm³/mol. The van der Waals surface area contributed by atoms with E-state index in [0.29, 0.717) is 6.04 Å². The summed E-state index contributed by atoms with van der Waals surface area (Å²) in [6.07, 6.45) is 0. The molecule has 0 bridgehead atoms. The molecule has 5 heteroatoms. The van der Waals surface area contributed by atoms with E-state index in [4.69, 9.17) is 0 Å². The number of hydrogen-bond acceptors (Lipinski definition) is 4. The van der Waals surface area contributed by atoms with Crippen LogP contribution in [0.4, 0.5) is 0 Å². The number of rotatable bonds is 3. The topological polar surface area (TPSA) is 32.7 Å². The maximum atomic E-state index is 12.0. The van der Waals surface area contributed by atoms with E-state index >= 15 is 0 Å². The molecule has 1 aliphatic heterocycles. The molecule has 1 amide bonds. The largest absolute Gasteiger partial charge is 0.342 e. The van der Waals surface area contributed by atoms with Gasteiger partial charge in [0, 0.05) is 18.8 Å². The third-order valence-electron chi connectivity index (χ3n) is 2.52. The third-order valence-corrected chi connectivity index (χ3v) is 5.03. The van der Waals surface area contributed by atoms with Crippen LogP contribution in [0.5, 0.6) is 0 Å². The van der Waals surface area contributed by atoms with Crippen molar-refractivity contribution in [3.05, 3.63) is 0 Å². The van der Waals surface area contributed by atoms with Crippen LogP contribution >= 0.6 is 23.5 Å². The lowest BCUT2D eigenvalue weighted by molar-refractivity contribution is -0.130. The molecule has 0 radical (unpaired) electrons. The Morgan fingerprint density at radius 3 is 2.62 bits per heavy atom. The maximum absolute atomic E-state index is 12.0. The third kappa shape index (κ3) is 3.70. The Hall–Kier alpha value is -0.160. The van der Waals surface area contributed by atoms with E-state index < -0.39 is 0 Å². The lowest BCUT2D eigenvalue weighted by atomic mass is 10.3. The molecule has 0 unspecified atom stereocenters. The molecule has 0 aliphatic carbocycles. The van der Waals surface area contributed by atoms with Gasteiger partial charge in [0.15, 0.2) is 0 Å². The number of aliphatic imine (C=N–C) groups is 1. The van der Waals surface area contributed by atoms with Crippen molar-refractivity contribution < 1.29 is 4.79 Å². The molecule has 1 aliphatic rings. The maximum Gasteiger partial charge on any atom is 0.235 e. The first kappa shape index (κ1) is 13.9. The fraction of sp³-hybridized carbons (Fsp3) is 0.818. The van der Waals surface area contributed by atoms with Crippen LogP contribution in [0.2, 0.25) is 0 Å². The summed E-state index contributed by atoms with van der Waals surface area (Å²) in [4.78, 5) is 18.3. The van der Waals surface area contributed by atoms with Crippen molar-refractivity contribution in [1.29, 1.82) is 0 Å². The van der Waals surface area contributed by atoms with E-state index in [2.05, 4.69) is 11.9 Å². The molecule has 16 heavy (non-hydrogen) atoms. The minimum atomic E-state index is -0.0380. The second-order valence-electron chi connectivity index (χ2n) is 4.36. The van der Waals surface area contributed by atoms with Crippen LogP contribution in [-0.4, -0.2) is 45.3 Å². The van der Waals surface area contributed by atoms with Gasteiger partial charge >= 0.3 is 0 Å². The second kappa shape index (κ2) is 5.96. The van der Waals surface area contributed by atoms with Crippen LogP contribution in [0.3, 0.4) is 0 Å². The van der Waals surface area contributed by atoms with Gasteiger partial charge in [-0.05, 0) is 27.7 Å². The smallest absolute Gasteiger partial charge is 0.235 e. The highest BCUT2D eigenvalue weighted by Crippen LogP contribution is 2.29. The SMILES string of the molecule is CC(C)N(C)C(=O)[C@@H](C)SC1=N[C@H](C)CS1. The molecule has 0 saturated heterocycles. The summed E-state index contributed by atoms with van der Waals surface area (Å²) in [6, 6.07) is 0.658. The molecule has 0 aromatic carbocycles. The van der Waals surface area contributed by atoms with Crippen molar-refractivity contribution in [3.63, 3.8) is 0 Å². The Morgan fingerprint density at radius 1 is 1.56 bits per heavy atom. The van der Waals surface area contributed by atoms with Gasteiger partial charge in [-0.2, -0.15) is 0 Å². The lowest BCUT2D eigenvalue weighted by Gasteiger charge is -2.24. The van der Waals surface area contributed by atoms with E-state index in [1.807, 2.05) is 27.8 Å². The molecular formula is C11H20N2OS2. The molecule has 0 spiro atoms. The summed E-state index contributed by atoms with van der Waals surface area (Å²) in [5, 5.41) is -0.0380. The van der Waals surface area contributed by atoms with Crippen molar-refractivity contribution in [3.8, 4) is 0 Å². The number of nitrogens with zero attached hydrogens (tertiary/aromatic N) is 2. The normalized spacial score (nSPS) is 22.1. The summed E-state index contributed by atoms with van der Waals surface area (Å²) in [5.41, 5.74) is 0. The van der Waals surface area contributed by atoms with E-state index in [-0.39, 0.29) is 17.2 Å². The van der Waals surface area contributed by atoms with E-state index in [0.717, 1.165) is 10.1 Å². The average Bonchev–Trinajstić information content (AvgIpc) is 2.61. The van der Waals surface area contributed by atoms with Crippen molar-refractivity contribution in [2.24, 2.45) is 4.99 Å². The van der Waals surface area contributed by atoms with Gasteiger partial charge < -0.3 is 4.90 Å². The summed E-state index contributed by atoms with van der Waals surface area (Å²) in [5.74, 6) is 1.23. The van der Waals surface area contributed by atoms with E-state index in [1.54, 1.807) is 28.4 Å². The van der Waals surface area contributed by atoms with Gasteiger partial charge in [-0.25, -0.2) is 0 Å². The Bertz CT molecular complexity index is 292.